The first-order valence-electron chi connectivity index (χ1n) is 6.12. The number of furan rings is 1. The molecule has 1 fully saturated rings. The van der Waals surface area contributed by atoms with Crippen molar-refractivity contribution in [3.63, 3.8) is 0 Å². The molecule has 2 rings (SSSR count). The van der Waals surface area contributed by atoms with E-state index in [1.54, 1.807) is 12.1 Å². The van der Waals surface area contributed by atoms with Crippen LogP contribution in [0.4, 0.5) is 0 Å². The zero-order valence-corrected chi connectivity index (χ0v) is 11.2. The molecule has 1 aliphatic carbocycles. The Bertz CT molecular complexity index is 468. The molecule has 3 unspecified atom stereocenters. The highest BCUT2D eigenvalue weighted by Gasteiger charge is 2.34. The Morgan fingerprint density at radius 1 is 1.56 bits per heavy atom. The monoisotopic (exact) mass is 273 g/mol. The van der Waals surface area contributed by atoms with Gasteiger partial charge in [0.05, 0.1) is 11.5 Å². The zero-order valence-electron chi connectivity index (χ0n) is 10.4. The quantitative estimate of drug-likeness (QED) is 0.832. The van der Waals surface area contributed by atoms with Crippen molar-refractivity contribution in [2.45, 2.75) is 36.7 Å². The van der Waals surface area contributed by atoms with E-state index in [1.165, 1.54) is 12.5 Å². The normalized spacial score (nSPS) is 26.3. The summed E-state index contributed by atoms with van der Waals surface area (Å²) in [6.45, 7) is 0.310. The molecule has 102 valence electrons. The summed E-state index contributed by atoms with van der Waals surface area (Å²) in [5, 5.41) is 12.7. The molecule has 1 aromatic rings. The first kappa shape index (κ1) is 13.6. The van der Waals surface area contributed by atoms with Gasteiger partial charge in [-0.1, -0.05) is 6.42 Å². The van der Waals surface area contributed by atoms with Gasteiger partial charge in [-0.2, -0.15) is 0 Å². The highest BCUT2D eigenvalue weighted by molar-refractivity contribution is 7.91. The molecule has 0 radical (unpaired) electrons. The molecular formula is C12H19NO4S. The van der Waals surface area contributed by atoms with E-state index in [0.29, 0.717) is 18.7 Å². The molecule has 2 N–H and O–H groups in total. The number of sulfone groups is 1. The Balaban J connectivity index is 1.90. The van der Waals surface area contributed by atoms with Crippen LogP contribution in [-0.4, -0.2) is 37.6 Å². The summed E-state index contributed by atoms with van der Waals surface area (Å²) < 4.78 is 28.3. The predicted octanol–water partition coefficient (Wildman–Crippen LogP) is 0.868. The van der Waals surface area contributed by atoms with Gasteiger partial charge < -0.3 is 14.8 Å². The number of aliphatic hydroxyl groups excluding tert-OH is 1. The average Bonchev–Trinajstić information content (AvgIpc) is 2.95. The number of nitrogens with one attached hydrogen (secondary N) is 1. The molecule has 0 aliphatic heterocycles. The maximum absolute atomic E-state index is 11.6. The largest absolute Gasteiger partial charge is 0.467 e. The van der Waals surface area contributed by atoms with Gasteiger partial charge in [-0.25, -0.2) is 8.42 Å². The minimum atomic E-state index is -3.02. The summed E-state index contributed by atoms with van der Waals surface area (Å²) in [6.07, 6.45) is 4.50. The van der Waals surface area contributed by atoms with Crippen molar-refractivity contribution in [2.75, 3.05) is 12.8 Å². The Morgan fingerprint density at radius 2 is 2.33 bits per heavy atom. The second-order valence-electron chi connectivity index (χ2n) is 4.84. The minimum Gasteiger partial charge on any atom is -0.467 e. The van der Waals surface area contributed by atoms with Crippen LogP contribution in [0.25, 0.3) is 0 Å². The first-order valence-corrected chi connectivity index (χ1v) is 8.07. The van der Waals surface area contributed by atoms with E-state index >= 15 is 0 Å². The molecule has 0 aromatic carbocycles. The van der Waals surface area contributed by atoms with Gasteiger partial charge in [0.1, 0.15) is 11.9 Å². The molecule has 0 bridgehead atoms. The predicted molar refractivity (Wildman–Crippen MR) is 67.9 cm³/mol. The number of hydrogen-bond donors (Lipinski definition) is 2. The molecule has 3 atom stereocenters. The molecule has 5 nitrogen and oxygen atoms in total. The van der Waals surface area contributed by atoms with Gasteiger partial charge in [-0.05, 0) is 25.0 Å². The fourth-order valence-electron chi connectivity index (χ4n) is 2.52. The number of hydrogen-bond acceptors (Lipinski definition) is 5. The lowest BCUT2D eigenvalue weighted by molar-refractivity contribution is 0.143. The van der Waals surface area contributed by atoms with Gasteiger partial charge in [0, 0.05) is 18.8 Å². The second-order valence-corrected chi connectivity index (χ2v) is 7.11. The van der Waals surface area contributed by atoms with Gasteiger partial charge in [0.2, 0.25) is 0 Å². The van der Waals surface area contributed by atoms with Gasteiger partial charge in [0.15, 0.2) is 9.84 Å². The third kappa shape index (κ3) is 3.13. The molecule has 1 aromatic heterocycles. The Kier molecular flexibility index (Phi) is 4.09. The van der Waals surface area contributed by atoms with Crippen LogP contribution in [0.15, 0.2) is 22.8 Å². The molecule has 18 heavy (non-hydrogen) atoms. The van der Waals surface area contributed by atoms with Gasteiger partial charge in [-0.15, -0.1) is 0 Å². The van der Waals surface area contributed by atoms with Crippen molar-refractivity contribution in [1.29, 1.82) is 0 Å². The second kappa shape index (κ2) is 5.42. The van der Waals surface area contributed by atoms with Crippen LogP contribution in [0.5, 0.6) is 0 Å². The van der Waals surface area contributed by atoms with Crippen LogP contribution in [-0.2, 0) is 9.84 Å². The fraction of sp³-hybridized carbons (Fsp3) is 0.667. The Labute approximate surface area is 107 Å². The van der Waals surface area contributed by atoms with Crippen LogP contribution < -0.4 is 5.32 Å². The van der Waals surface area contributed by atoms with E-state index in [9.17, 15) is 13.5 Å². The lowest BCUT2D eigenvalue weighted by Crippen LogP contribution is -2.41. The van der Waals surface area contributed by atoms with E-state index in [1.807, 2.05) is 0 Å². The Hall–Kier alpha value is -0.850. The molecular weight excluding hydrogens is 254 g/mol. The van der Waals surface area contributed by atoms with Crippen LogP contribution in [0.1, 0.15) is 31.1 Å². The highest BCUT2D eigenvalue weighted by atomic mass is 32.2. The Morgan fingerprint density at radius 3 is 2.94 bits per heavy atom. The molecule has 0 saturated heterocycles. The van der Waals surface area contributed by atoms with Crippen molar-refractivity contribution in [1.82, 2.24) is 5.32 Å². The number of aliphatic hydroxyl groups is 1. The maximum Gasteiger partial charge on any atom is 0.151 e. The smallest absolute Gasteiger partial charge is 0.151 e. The van der Waals surface area contributed by atoms with Crippen molar-refractivity contribution in [2.24, 2.45) is 0 Å². The van der Waals surface area contributed by atoms with E-state index in [-0.39, 0.29) is 11.3 Å². The maximum atomic E-state index is 11.6. The summed E-state index contributed by atoms with van der Waals surface area (Å²) in [5.74, 6) is 0.497. The van der Waals surface area contributed by atoms with Gasteiger partial charge in [0.25, 0.3) is 0 Å². The van der Waals surface area contributed by atoms with Gasteiger partial charge >= 0.3 is 0 Å². The van der Waals surface area contributed by atoms with Crippen molar-refractivity contribution >= 4 is 9.84 Å². The lowest BCUT2D eigenvalue weighted by Gasteiger charge is -2.20. The SMILES string of the molecule is CS(=O)(=O)C1CCCC1NCC(O)c1ccco1. The standard InChI is InChI=1S/C12H19NO4S/c1-18(15,16)12-6-2-4-9(12)13-8-10(14)11-5-3-7-17-11/h3,5,7,9-10,12-14H,2,4,6,8H2,1H3. The molecule has 0 spiro atoms. The minimum absolute atomic E-state index is 0.0652. The van der Waals surface area contributed by atoms with Crippen molar-refractivity contribution in [3.05, 3.63) is 24.2 Å². The summed E-state index contributed by atoms with van der Waals surface area (Å²) >= 11 is 0. The highest BCUT2D eigenvalue weighted by Crippen LogP contribution is 2.25. The molecule has 1 aliphatic rings. The van der Waals surface area contributed by atoms with Crippen LogP contribution >= 0.6 is 0 Å². The van der Waals surface area contributed by atoms with E-state index in [0.717, 1.165) is 12.8 Å². The molecule has 1 saturated carbocycles. The number of rotatable bonds is 5. The van der Waals surface area contributed by atoms with Crippen molar-refractivity contribution < 1.29 is 17.9 Å². The first-order chi connectivity index (χ1) is 8.48. The fourth-order valence-corrected chi connectivity index (χ4v) is 3.94. The van der Waals surface area contributed by atoms with Crippen molar-refractivity contribution in [3.8, 4) is 0 Å². The van der Waals surface area contributed by atoms with Gasteiger partial charge in [-0.3, -0.25) is 0 Å². The topological polar surface area (TPSA) is 79.5 Å². The molecule has 6 heteroatoms. The van der Waals surface area contributed by atoms with E-state index in [2.05, 4.69) is 5.32 Å². The third-order valence-corrected chi connectivity index (χ3v) is 5.11. The van der Waals surface area contributed by atoms with Crippen LogP contribution in [0.3, 0.4) is 0 Å². The summed E-state index contributed by atoms with van der Waals surface area (Å²) in [5.41, 5.74) is 0. The summed E-state index contributed by atoms with van der Waals surface area (Å²) in [7, 11) is -3.02. The zero-order chi connectivity index (χ0) is 13.2. The van der Waals surface area contributed by atoms with E-state index in [4.69, 9.17) is 4.42 Å². The van der Waals surface area contributed by atoms with Crippen LogP contribution in [0, 0.1) is 0 Å². The summed E-state index contributed by atoms with van der Waals surface area (Å²) in [6, 6.07) is 3.35. The van der Waals surface area contributed by atoms with Crippen LogP contribution in [0.2, 0.25) is 0 Å². The average molecular weight is 273 g/mol. The molecule has 1 heterocycles. The summed E-state index contributed by atoms with van der Waals surface area (Å²) in [4.78, 5) is 0. The molecule has 0 amide bonds. The van der Waals surface area contributed by atoms with E-state index < -0.39 is 15.9 Å². The third-order valence-electron chi connectivity index (χ3n) is 3.45. The lowest BCUT2D eigenvalue weighted by atomic mass is 10.2.